The van der Waals surface area contributed by atoms with Gasteiger partial charge in [0.2, 0.25) is 17.6 Å². The number of ketones is 1. The lowest BCUT2D eigenvalue weighted by molar-refractivity contribution is -0.131. The standard InChI is InChI=1S/C13H21NO3.C10H13NO.C9H15NO2.C6H11NO.C4H10N2O.C4H10.C2H6/c1-13(7-8-13)17-12(16)14-11(9-15)10-5-3-2-4-6-10;1-11(2)10(12)8-9-6-4-3-5-7-9;1-10-8(9(12)6-11)5-7-3-2-4-7;1-7-4-2-3-6(7)5-8;1-5-3-4(7)6-2;1-3-4-2;1-2/h9-11H,2-8H2,1H3,(H,14,16);3-7H,8H2,1-2H3;6-8,10H,2-5H2,1H3;5-6H,2-4H2,1H3;5H,3H2,1-2H3,(H,6,7);3-4H2,1-2H3;1-2H3. The van der Waals surface area contributed by atoms with Gasteiger partial charge in [0.1, 0.15) is 18.2 Å². The summed E-state index contributed by atoms with van der Waals surface area (Å²) in [5, 5.41) is 10.7. The van der Waals surface area contributed by atoms with Gasteiger partial charge in [0.05, 0.1) is 31.1 Å². The second kappa shape index (κ2) is 37.5. The van der Waals surface area contributed by atoms with E-state index in [4.69, 9.17) is 4.74 Å². The summed E-state index contributed by atoms with van der Waals surface area (Å²) in [5.41, 5.74) is 0.792. The van der Waals surface area contributed by atoms with Crippen LogP contribution < -0.4 is 21.3 Å². The normalized spacial score (nSPS) is 18.0. The first-order valence-corrected chi connectivity index (χ1v) is 23.0. The number of ether oxygens (including phenoxy) is 1. The number of aldehydes is 3. The minimum Gasteiger partial charge on any atom is -0.443 e. The van der Waals surface area contributed by atoms with Gasteiger partial charge in [-0.2, -0.15) is 0 Å². The number of benzene rings is 1. The highest BCUT2D eigenvalue weighted by Gasteiger charge is 2.42. The number of nitrogens with one attached hydrogen (secondary N) is 4. The van der Waals surface area contributed by atoms with Crippen LogP contribution in [-0.2, 0) is 39.9 Å². The van der Waals surface area contributed by atoms with Crippen LogP contribution in [0.4, 0.5) is 4.79 Å². The van der Waals surface area contributed by atoms with Gasteiger partial charge in [-0.25, -0.2) is 4.79 Å². The Kier molecular flexibility index (Phi) is 36.4. The Morgan fingerprint density at radius 3 is 1.82 bits per heavy atom. The Labute approximate surface area is 375 Å². The lowest BCUT2D eigenvalue weighted by atomic mass is 9.80. The van der Waals surface area contributed by atoms with Crippen LogP contribution in [0, 0.1) is 11.8 Å². The van der Waals surface area contributed by atoms with Gasteiger partial charge in [-0.05, 0) is 97.0 Å². The molecular formula is C48H86N6O8. The van der Waals surface area contributed by atoms with Crippen LogP contribution in [0.5, 0.6) is 0 Å². The number of unbranched alkanes of at least 4 members (excludes halogenated alkanes) is 1. The summed E-state index contributed by atoms with van der Waals surface area (Å²) < 4.78 is 5.26. The van der Waals surface area contributed by atoms with Gasteiger partial charge in [-0.1, -0.05) is 109 Å². The van der Waals surface area contributed by atoms with Gasteiger partial charge in [0.25, 0.3) is 0 Å². The second-order valence-electron chi connectivity index (χ2n) is 16.4. The van der Waals surface area contributed by atoms with Crippen LogP contribution in [0.2, 0.25) is 0 Å². The summed E-state index contributed by atoms with van der Waals surface area (Å²) in [6, 6.07) is 9.36. The van der Waals surface area contributed by atoms with Crippen LogP contribution in [0.1, 0.15) is 136 Å². The van der Waals surface area contributed by atoms with Crippen molar-refractivity contribution in [3.8, 4) is 0 Å². The number of amides is 3. The quantitative estimate of drug-likeness (QED) is 0.114. The van der Waals surface area contributed by atoms with E-state index in [-0.39, 0.29) is 41.3 Å². The summed E-state index contributed by atoms with van der Waals surface area (Å²) in [6.45, 7) is 11.8. The Bertz CT molecular complexity index is 1350. The first-order valence-electron chi connectivity index (χ1n) is 23.0. The molecule has 0 spiro atoms. The second-order valence-corrected chi connectivity index (χ2v) is 16.4. The van der Waals surface area contributed by atoms with Gasteiger partial charge in [-0.15, -0.1) is 0 Å². The van der Waals surface area contributed by atoms with E-state index < -0.39 is 6.09 Å². The maximum atomic E-state index is 11.6. The predicted molar refractivity (Wildman–Crippen MR) is 250 cm³/mol. The molecule has 1 aliphatic heterocycles. The molecule has 5 rings (SSSR count). The highest BCUT2D eigenvalue weighted by atomic mass is 16.6. The molecule has 3 saturated carbocycles. The molecule has 1 saturated heterocycles. The average Bonchev–Trinajstić information content (AvgIpc) is 3.85. The Hall–Kier alpha value is -4.01. The van der Waals surface area contributed by atoms with Gasteiger partial charge in [0.15, 0.2) is 6.29 Å². The molecule has 356 valence electrons. The third-order valence-corrected chi connectivity index (χ3v) is 11.0. The highest BCUT2D eigenvalue weighted by molar-refractivity contribution is 6.27. The molecular weight excluding hydrogens is 789 g/mol. The van der Waals surface area contributed by atoms with Crippen molar-refractivity contribution in [3.63, 3.8) is 0 Å². The number of carbonyl (C=O) groups excluding carboxylic acids is 7. The number of carbonyl (C=O) groups is 7. The SMILES string of the molecule is CC.CC1(OC(=O)NC(C=O)C2CCCCC2)CC1.CCCC.CN(C)C(=O)Cc1ccccc1.CN1CCCC1C=O.CNC(CC1CCC1)C(=O)C=O.CNCC(=O)NC. The lowest BCUT2D eigenvalue weighted by Gasteiger charge is -2.28. The Balaban J connectivity index is 0. The van der Waals surface area contributed by atoms with Crippen molar-refractivity contribution >= 4 is 42.5 Å². The summed E-state index contributed by atoms with van der Waals surface area (Å²) in [6.07, 6.45) is 19.2. The van der Waals surface area contributed by atoms with Crippen LogP contribution in [0.15, 0.2) is 30.3 Å². The van der Waals surface area contributed by atoms with Gasteiger partial charge < -0.3 is 40.5 Å². The molecule has 0 radical (unpaired) electrons. The monoisotopic (exact) mass is 875 g/mol. The van der Waals surface area contributed by atoms with Crippen molar-refractivity contribution in [2.45, 2.75) is 161 Å². The predicted octanol–water partition coefficient (Wildman–Crippen LogP) is 6.33. The first kappa shape index (κ1) is 60.1. The molecule has 4 N–H and O–H groups in total. The number of nitrogens with zero attached hydrogens (tertiary/aromatic N) is 2. The van der Waals surface area contributed by atoms with Crippen molar-refractivity contribution in [3.05, 3.63) is 35.9 Å². The molecule has 14 nitrogen and oxygen atoms in total. The van der Waals surface area contributed by atoms with Crippen molar-refractivity contribution in [2.24, 2.45) is 11.8 Å². The molecule has 62 heavy (non-hydrogen) atoms. The van der Waals surface area contributed by atoms with E-state index in [1.54, 1.807) is 40.1 Å². The fourth-order valence-electron chi connectivity index (χ4n) is 6.23. The van der Waals surface area contributed by atoms with Gasteiger partial charge >= 0.3 is 6.09 Å². The zero-order valence-electron chi connectivity index (χ0n) is 40.4. The minimum absolute atomic E-state index is 0.0162. The van der Waals surface area contributed by atoms with Gasteiger partial charge in [0, 0.05) is 21.1 Å². The largest absolute Gasteiger partial charge is 0.443 e. The van der Waals surface area contributed by atoms with E-state index in [1.807, 2.05) is 58.2 Å². The van der Waals surface area contributed by atoms with E-state index >= 15 is 0 Å². The van der Waals surface area contributed by atoms with E-state index in [2.05, 4.69) is 40.0 Å². The molecule has 0 bridgehead atoms. The number of Topliss-reactive ketones (excluding diaryl/α,β-unsaturated/α-hetero) is 1. The molecule has 3 aliphatic carbocycles. The third-order valence-electron chi connectivity index (χ3n) is 11.0. The molecule has 14 heteroatoms. The number of hydrogen-bond donors (Lipinski definition) is 4. The molecule has 4 aliphatic rings. The smallest absolute Gasteiger partial charge is 0.408 e. The maximum Gasteiger partial charge on any atom is 0.408 e. The van der Waals surface area contributed by atoms with Crippen molar-refractivity contribution in [1.82, 2.24) is 31.1 Å². The van der Waals surface area contributed by atoms with E-state index in [1.165, 1.54) is 44.9 Å². The first-order chi connectivity index (χ1) is 29.7. The number of hydrogen-bond acceptors (Lipinski definition) is 11. The molecule has 0 aromatic heterocycles. The van der Waals surface area contributed by atoms with E-state index in [9.17, 15) is 33.6 Å². The van der Waals surface area contributed by atoms with Crippen molar-refractivity contribution < 1.29 is 38.3 Å². The molecule has 1 aromatic carbocycles. The fourth-order valence-corrected chi connectivity index (χ4v) is 6.23. The minimum atomic E-state index is -0.437. The summed E-state index contributed by atoms with van der Waals surface area (Å²) >= 11 is 0. The zero-order valence-corrected chi connectivity index (χ0v) is 40.4. The van der Waals surface area contributed by atoms with Crippen LogP contribution >= 0.6 is 0 Å². The Morgan fingerprint density at radius 1 is 0.871 bits per heavy atom. The number of alkyl carbamates (subject to hydrolysis) is 1. The van der Waals surface area contributed by atoms with E-state index in [0.29, 0.717) is 31.1 Å². The molecule has 3 amide bonds. The number of likely N-dealkylation sites (N-methyl/N-ethyl adjacent to an activating group) is 5. The molecule has 3 unspecified atom stereocenters. The van der Waals surface area contributed by atoms with Crippen LogP contribution in [-0.4, -0.2) is 131 Å². The number of likely N-dealkylation sites (tertiary alicyclic amines) is 1. The van der Waals surface area contributed by atoms with Crippen molar-refractivity contribution in [2.75, 3.05) is 55.4 Å². The van der Waals surface area contributed by atoms with Crippen LogP contribution in [0.25, 0.3) is 0 Å². The van der Waals surface area contributed by atoms with Gasteiger partial charge in [-0.3, -0.25) is 24.1 Å². The molecule has 1 aromatic rings. The zero-order chi connectivity index (χ0) is 47.3. The average molecular weight is 875 g/mol. The highest BCUT2D eigenvalue weighted by Crippen LogP contribution is 2.38. The summed E-state index contributed by atoms with van der Waals surface area (Å²) in [7, 11) is 10.6. The summed E-state index contributed by atoms with van der Waals surface area (Å²) in [5.74, 6) is 0.792. The van der Waals surface area contributed by atoms with Crippen molar-refractivity contribution in [1.29, 1.82) is 0 Å². The van der Waals surface area contributed by atoms with E-state index in [0.717, 1.165) is 76.0 Å². The molecule has 1 heterocycles. The third kappa shape index (κ3) is 29.3. The molecule has 4 fully saturated rings. The maximum absolute atomic E-state index is 11.6. The molecule has 3 atom stereocenters. The number of rotatable bonds is 15. The summed E-state index contributed by atoms with van der Waals surface area (Å²) in [4.78, 5) is 79.2. The topological polar surface area (TPSA) is 183 Å². The Morgan fingerprint density at radius 2 is 1.47 bits per heavy atom. The fraction of sp³-hybridized carbons (Fsp3) is 0.729. The lowest BCUT2D eigenvalue weighted by Crippen LogP contribution is -2.43. The van der Waals surface area contributed by atoms with Crippen LogP contribution in [0.3, 0.4) is 0 Å².